The van der Waals surface area contributed by atoms with Crippen LogP contribution in [0, 0.1) is 0 Å². The van der Waals surface area contributed by atoms with Crippen LogP contribution in [-0.4, -0.2) is 62.1 Å². The Bertz CT molecular complexity index is 862. The molecule has 1 fully saturated rings. The van der Waals surface area contributed by atoms with Gasteiger partial charge in [0.05, 0.1) is 5.52 Å². The van der Waals surface area contributed by atoms with E-state index in [1.54, 1.807) is 23.4 Å². The zero-order valence-corrected chi connectivity index (χ0v) is 12.9. The van der Waals surface area contributed by atoms with E-state index < -0.39 is 0 Å². The van der Waals surface area contributed by atoms with E-state index in [1.165, 1.54) is 0 Å². The minimum atomic E-state index is -0.193. The molecular weight excluding hydrogens is 306 g/mol. The summed E-state index contributed by atoms with van der Waals surface area (Å²) in [6.07, 6.45) is 3.43. The summed E-state index contributed by atoms with van der Waals surface area (Å²) in [6.45, 7) is 2.51. The fraction of sp³-hybridized carbons (Fsp3) is 0.250. The molecule has 24 heavy (non-hydrogen) atoms. The first-order valence-electron chi connectivity index (χ1n) is 7.72. The Kier molecular flexibility index (Phi) is 3.70. The predicted molar refractivity (Wildman–Crippen MR) is 87.5 cm³/mol. The van der Waals surface area contributed by atoms with Crippen LogP contribution in [0.25, 0.3) is 11.0 Å². The Labute approximate surface area is 138 Å². The van der Waals surface area contributed by atoms with Gasteiger partial charge in [0, 0.05) is 38.6 Å². The van der Waals surface area contributed by atoms with Gasteiger partial charge in [-0.05, 0) is 18.2 Å². The van der Waals surface area contributed by atoms with Crippen LogP contribution in [-0.2, 0) is 0 Å². The number of para-hydroxylation sites is 1. The SMILES string of the molecule is O=C(c1nnc2ccccc2n1)N1CCN(c2ncccn2)CC1. The highest BCUT2D eigenvalue weighted by Crippen LogP contribution is 2.12. The average molecular weight is 321 g/mol. The molecule has 0 spiro atoms. The summed E-state index contributed by atoms with van der Waals surface area (Å²) in [5.74, 6) is 0.633. The first-order valence-corrected chi connectivity index (χ1v) is 7.72. The summed E-state index contributed by atoms with van der Waals surface area (Å²) in [5, 5.41) is 8.04. The third kappa shape index (κ3) is 2.73. The average Bonchev–Trinajstić information content (AvgIpc) is 2.68. The summed E-state index contributed by atoms with van der Waals surface area (Å²) in [7, 11) is 0. The Hall–Kier alpha value is -3.16. The lowest BCUT2D eigenvalue weighted by molar-refractivity contribution is 0.0733. The fourth-order valence-corrected chi connectivity index (χ4v) is 2.68. The maximum absolute atomic E-state index is 12.6. The van der Waals surface area contributed by atoms with Gasteiger partial charge in [0.25, 0.3) is 5.91 Å². The standard InChI is InChI=1S/C16H15N7O/c24-15(14-19-12-4-1-2-5-13(12)20-21-14)22-8-10-23(11-9-22)16-17-6-3-7-18-16/h1-7H,8-11H2. The van der Waals surface area contributed by atoms with E-state index in [4.69, 9.17) is 0 Å². The Morgan fingerprint density at radius 3 is 2.33 bits per heavy atom. The van der Waals surface area contributed by atoms with E-state index in [9.17, 15) is 4.79 Å². The van der Waals surface area contributed by atoms with Crippen LogP contribution in [0.5, 0.6) is 0 Å². The maximum atomic E-state index is 12.6. The van der Waals surface area contributed by atoms with Crippen molar-refractivity contribution in [2.75, 3.05) is 31.1 Å². The maximum Gasteiger partial charge on any atom is 0.293 e. The van der Waals surface area contributed by atoms with Gasteiger partial charge in [-0.2, -0.15) is 0 Å². The molecule has 1 saturated heterocycles. The third-order valence-electron chi connectivity index (χ3n) is 3.95. The molecule has 1 aromatic carbocycles. The molecule has 8 heteroatoms. The van der Waals surface area contributed by atoms with Crippen LogP contribution in [0.1, 0.15) is 10.6 Å². The molecule has 0 saturated carbocycles. The second-order valence-electron chi connectivity index (χ2n) is 5.45. The number of carbonyl (C=O) groups excluding carboxylic acids is 1. The second-order valence-corrected chi connectivity index (χ2v) is 5.45. The molecule has 120 valence electrons. The Morgan fingerprint density at radius 1 is 0.875 bits per heavy atom. The van der Waals surface area contributed by atoms with Crippen molar-refractivity contribution >= 4 is 22.9 Å². The van der Waals surface area contributed by atoms with E-state index in [2.05, 4.69) is 30.0 Å². The molecule has 0 aliphatic carbocycles. The van der Waals surface area contributed by atoms with Crippen LogP contribution < -0.4 is 4.90 Å². The van der Waals surface area contributed by atoms with Gasteiger partial charge in [0.15, 0.2) is 0 Å². The number of fused-ring (bicyclic) bond motifs is 1. The molecule has 1 amide bonds. The molecule has 2 aromatic heterocycles. The number of carbonyl (C=O) groups is 1. The molecule has 0 radical (unpaired) electrons. The first-order chi connectivity index (χ1) is 11.8. The van der Waals surface area contributed by atoms with Gasteiger partial charge >= 0.3 is 0 Å². The summed E-state index contributed by atoms with van der Waals surface area (Å²) in [5.41, 5.74) is 1.35. The van der Waals surface area contributed by atoms with Crippen LogP contribution >= 0.6 is 0 Å². The van der Waals surface area contributed by atoms with Crippen LogP contribution in [0.3, 0.4) is 0 Å². The number of aromatic nitrogens is 5. The highest BCUT2D eigenvalue weighted by molar-refractivity contribution is 5.92. The molecule has 0 atom stereocenters. The summed E-state index contributed by atoms with van der Waals surface area (Å²) in [6, 6.07) is 9.16. The Morgan fingerprint density at radius 2 is 1.58 bits per heavy atom. The van der Waals surface area contributed by atoms with Gasteiger partial charge in [0.1, 0.15) is 5.52 Å². The van der Waals surface area contributed by atoms with Gasteiger partial charge in [-0.25, -0.2) is 15.0 Å². The van der Waals surface area contributed by atoms with Gasteiger partial charge in [-0.15, -0.1) is 10.2 Å². The molecule has 0 N–H and O–H groups in total. The molecule has 3 heterocycles. The lowest BCUT2D eigenvalue weighted by Crippen LogP contribution is -2.49. The molecule has 4 rings (SSSR count). The minimum absolute atomic E-state index is 0.137. The normalized spacial score (nSPS) is 14.8. The fourth-order valence-electron chi connectivity index (χ4n) is 2.68. The number of hydrogen-bond acceptors (Lipinski definition) is 7. The Balaban J connectivity index is 1.47. The van der Waals surface area contributed by atoms with Gasteiger partial charge in [-0.1, -0.05) is 12.1 Å². The van der Waals surface area contributed by atoms with Crippen molar-refractivity contribution in [3.8, 4) is 0 Å². The quantitative estimate of drug-likeness (QED) is 0.689. The predicted octanol–water partition coefficient (Wildman–Crippen LogP) is 0.777. The third-order valence-corrected chi connectivity index (χ3v) is 3.95. The topological polar surface area (TPSA) is 88.0 Å². The largest absolute Gasteiger partial charge is 0.337 e. The monoisotopic (exact) mass is 321 g/mol. The van der Waals surface area contributed by atoms with Crippen LogP contribution in [0.4, 0.5) is 5.95 Å². The minimum Gasteiger partial charge on any atom is -0.337 e. The number of rotatable bonds is 2. The second kappa shape index (κ2) is 6.15. The molecular formula is C16H15N7O. The molecule has 0 unspecified atom stereocenters. The first kappa shape index (κ1) is 14.4. The van der Waals surface area contributed by atoms with Gasteiger partial charge in [0.2, 0.25) is 11.8 Å². The van der Waals surface area contributed by atoms with E-state index >= 15 is 0 Å². The summed E-state index contributed by atoms with van der Waals surface area (Å²) < 4.78 is 0. The summed E-state index contributed by atoms with van der Waals surface area (Å²) in [4.78, 5) is 29.2. The molecule has 1 aliphatic heterocycles. The van der Waals surface area contributed by atoms with Crippen molar-refractivity contribution in [3.63, 3.8) is 0 Å². The number of amides is 1. The van der Waals surface area contributed by atoms with Gasteiger partial charge in [-0.3, -0.25) is 4.79 Å². The number of hydrogen-bond donors (Lipinski definition) is 0. The van der Waals surface area contributed by atoms with E-state index in [1.807, 2.05) is 24.3 Å². The van der Waals surface area contributed by atoms with Crippen LogP contribution in [0.15, 0.2) is 42.7 Å². The molecule has 0 bridgehead atoms. The number of nitrogens with zero attached hydrogens (tertiary/aromatic N) is 7. The number of benzene rings is 1. The van der Waals surface area contributed by atoms with E-state index in [0.717, 1.165) is 0 Å². The number of anilines is 1. The van der Waals surface area contributed by atoms with Crippen molar-refractivity contribution in [2.45, 2.75) is 0 Å². The van der Waals surface area contributed by atoms with Crippen molar-refractivity contribution in [2.24, 2.45) is 0 Å². The smallest absolute Gasteiger partial charge is 0.293 e. The van der Waals surface area contributed by atoms with Crippen molar-refractivity contribution in [1.82, 2.24) is 30.0 Å². The lowest BCUT2D eigenvalue weighted by atomic mass is 10.3. The van der Waals surface area contributed by atoms with E-state index in [0.29, 0.717) is 43.2 Å². The van der Waals surface area contributed by atoms with Crippen LogP contribution in [0.2, 0.25) is 0 Å². The molecule has 8 nitrogen and oxygen atoms in total. The highest BCUT2D eigenvalue weighted by atomic mass is 16.2. The molecule has 3 aromatic rings. The lowest BCUT2D eigenvalue weighted by Gasteiger charge is -2.34. The van der Waals surface area contributed by atoms with Crippen molar-refractivity contribution in [3.05, 3.63) is 48.5 Å². The molecule has 1 aliphatic rings. The highest BCUT2D eigenvalue weighted by Gasteiger charge is 2.25. The zero-order chi connectivity index (χ0) is 16.4. The zero-order valence-electron chi connectivity index (χ0n) is 12.9. The van der Waals surface area contributed by atoms with Gasteiger partial charge < -0.3 is 9.80 Å². The van der Waals surface area contributed by atoms with Crippen molar-refractivity contribution < 1.29 is 4.79 Å². The summed E-state index contributed by atoms with van der Waals surface area (Å²) >= 11 is 0. The number of piperazine rings is 1. The van der Waals surface area contributed by atoms with E-state index in [-0.39, 0.29) is 11.7 Å². The van der Waals surface area contributed by atoms with Crippen molar-refractivity contribution in [1.29, 1.82) is 0 Å².